The van der Waals surface area contributed by atoms with E-state index in [1.165, 1.54) is 12.8 Å². The lowest BCUT2D eigenvalue weighted by Gasteiger charge is -2.29. The van der Waals surface area contributed by atoms with Gasteiger partial charge in [0, 0.05) is 6.54 Å². The minimum absolute atomic E-state index is 0.0929. The number of hydrogen-bond donors (Lipinski definition) is 1. The molecule has 1 atom stereocenters. The number of hydrogen-bond acceptors (Lipinski definition) is 4. The summed E-state index contributed by atoms with van der Waals surface area (Å²) in [5, 5.41) is 3.42. The van der Waals surface area contributed by atoms with Gasteiger partial charge in [-0.05, 0) is 51.7 Å². The predicted octanol–water partition coefficient (Wildman–Crippen LogP) is 1.26. The predicted molar refractivity (Wildman–Crippen MR) is 69.0 cm³/mol. The molecular formula is C13H26N2O2. The van der Waals surface area contributed by atoms with Gasteiger partial charge in [0.15, 0.2) is 0 Å². The topological polar surface area (TPSA) is 41.6 Å². The Morgan fingerprint density at radius 2 is 2.29 bits per heavy atom. The monoisotopic (exact) mass is 242 g/mol. The molecule has 1 aliphatic rings. The first-order valence-corrected chi connectivity index (χ1v) is 6.85. The van der Waals surface area contributed by atoms with Gasteiger partial charge in [-0.2, -0.15) is 0 Å². The van der Waals surface area contributed by atoms with Crippen molar-refractivity contribution in [2.45, 2.75) is 33.1 Å². The van der Waals surface area contributed by atoms with Crippen LogP contribution in [0.3, 0.4) is 0 Å². The summed E-state index contributed by atoms with van der Waals surface area (Å²) in [6.07, 6.45) is 3.61. The van der Waals surface area contributed by atoms with Crippen LogP contribution in [0.25, 0.3) is 0 Å². The van der Waals surface area contributed by atoms with Gasteiger partial charge in [-0.3, -0.25) is 9.69 Å². The van der Waals surface area contributed by atoms with Crippen LogP contribution in [0.5, 0.6) is 0 Å². The Balaban J connectivity index is 2.32. The summed E-state index contributed by atoms with van der Waals surface area (Å²) in [7, 11) is 0. The summed E-state index contributed by atoms with van der Waals surface area (Å²) < 4.78 is 5.01. The molecule has 0 aromatic heterocycles. The van der Waals surface area contributed by atoms with Crippen molar-refractivity contribution >= 4 is 5.97 Å². The Kier molecular flexibility index (Phi) is 7.21. The van der Waals surface area contributed by atoms with Gasteiger partial charge in [0.2, 0.25) is 0 Å². The fourth-order valence-electron chi connectivity index (χ4n) is 2.39. The highest BCUT2D eigenvalue weighted by molar-refractivity contribution is 5.71. The van der Waals surface area contributed by atoms with Crippen molar-refractivity contribution in [3.8, 4) is 0 Å². The molecule has 1 heterocycles. The molecule has 0 aromatic rings. The van der Waals surface area contributed by atoms with Gasteiger partial charge in [-0.25, -0.2) is 0 Å². The molecule has 1 N–H and O–H groups in total. The van der Waals surface area contributed by atoms with Crippen LogP contribution >= 0.6 is 0 Å². The van der Waals surface area contributed by atoms with E-state index in [0.29, 0.717) is 19.1 Å². The number of carbonyl (C=O) groups excluding carboxylic acids is 1. The van der Waals surface area contributed by atoms with Crippen molar-refractivity contribution in [2.75, 3.05) is 39.3 Å². The van der Waals surface area contributed by atoms with E-state index in [-0.39, 0.29) is 5.97 Å². The standard InChI is InChI=1S/C13H26N2O2/c1-3-8-15(11-13(16)17-4-2)10-12-6-5-7-14-9-12/h12,14H,3-11H2,1-2H3. The largest absolute Gasteiger partial charge is 0.465 e. The highest BCUT2D eigenvalue weighted by Crippen LogP contribution is 2.12. The van der Waals surface area contributed by atoms with E-state index in [1.807, 2.05) is 6.92 Å². The number of esters is 1. The van der Waals surface area contributed by atoms with Crippen LogP contribution in [-0.4, -0.2) is 50.2 Å². The third-order valence-corrected chi connectivity index (χ3v) is 3.11. The summed E-state index contributed by atoms with van der Waals surface area (Å²) in [6.45, 7) is 9.15. The molecule has 4 nitrogen and oxygen atoms in total. The highest BCUT2D eigenvalue weighted by atomic mass is 16.5. The molecule has 0 aromatic carbocycles. The average molecular weight is 242 g/mol. The number of nitrogens with zero attached hydrogens (tertiary/aromatic N) is 1. The Hall–Kier alpha value is -0.610. The van der Waals surface area contributed by atoms with Crippen molar-refractivity contribution in [3.63, 3.8) is 0 Å². The minimum atomic E-state index is -0.0929. The van der Waals surface area contributed by atoms with Crippen molar-refractivity contribution in [1.82, 2.24) is 10.2 Å². The molecule has 0 radical (unpaired) electrons. The summed E-state index contributed by atoms with van der Waals surface area (Å²) in [6, 6.07) is 0. The Labute approximate surface area is 105 Å². The number of ether oxygens (including phenoxy) is 1. The number of piperidine rings is 1. The lowest BCUT2D eigenvalue weighted by atomic mass is 9.99. The molecule has 4 heteroatoms. The van der Waals surface area contributed by atoms with E-state index in [9.17, 15) is 4.79 Å². The second-order valence-corrected chi connectivity index (χ2v) is 4.75. The fourth-order valence-corrected chi connectivity index (χ4v) is 2.39. The first kappa shape index (κ1) is 14.5. The molecule has 1 unspecified atom stereocenters. The molecule has 0 amide bonds. The maximum Gasteiger partial charge on any atom is 0.320 e. The molecular weight excluding hydrogens is 216 g/mol. The molecule has 1 fully saturated rings. The van der Waals surface area contributed by atoms with Gasteiger partial charge in [0.05, 0.1) is 13.2 Å². The van der Waals surface area contributed by atoms with Gasteiger partial charge in [-0.15, -0.1) is 0 Å². The van der Waals surface area contributed by atoms with E-state index in [4.69, 9.17) is 4.74 Å². The van der Waals surface area contributed by atoms with Crippen LogP contribution in [0.15, 0.2) is 0 Å². The van der Waals surface area contributed by atoms with E-state index in [0.717, 1.165) is 32.6 Å². The lowest BCUT2D eigenvalue weighted by Crippen LogP contribution is -2.41. The normalized spacial score (nSPS) is 20.5. The van der Waals surface area contributed by atoms with Crippen molar-refractivity contribution in [3.05, 3.63) is 0 Å². The van der Waals surface area contributed by atoms with Crippen LogP contribution < -0.4 is 5.32 Å². The third-order valence-electron chi connectivity index (χ3n) is 3.11. The van der Waals surface area contributed by atoms with Crippen LogP contribution in [0.2, 0.25) is 0 Å². The molecule has 0 bridgehead atoms. The van der Waals surface area contributed by atoms with Crippen LogP contribution in [0, 0.1) is 5.92 Å². The minimum Gasteiger partial charge on any atom is -0.465 e. The van der Waals surface area contributed by atoms with E-state index in [2.05, 4.69) is 17.1 Å². The number of carbonyl (C=O) groups is 1. The first-order chi connectivity index (χ1) is 8.26. The summed E-state index contributed by atoms with van der Waals surface area (Å²) in [5.41, 5.74) is 0. The Bertz CT molecular complexity index is 215. The molecule has 1 rings (SSSR count). The van der Waals surface area contributed by atoms with E-state index in [1.54, 1.807) is 0 Å². The second-order valence-electron chi connectivity index (χ2n) is 4.75. The molecule has 1 aliphatic heterocycles. The van der Waals surface area contributed by atoms with Gasteiger partial charge in [-0.1, -0.05) is 6.92 Å². The molecule has 0 spiro atoms. The zero-order chi connectivity index (χ0) is 12.5. The maximum absolute atomic E-state index is 11.5. The number of rotatable bonds is 7. The highest BCUT2D eigenvalue weighted by Gasteiger charge is 2.18. The smallest absolute Gasteiger partial charge is 0.320 e. The van der Waals surface area contributed by atoms with Crippen molar-refractivity contribution in [1.29, 1.82) is 0 Å². The zero-order valence-electron chi connectivity index (χ0n) is 11.2. The summed E-state index contributed by atoms with van der Waals surface area (Å²) in [5.74, 6) is 0.592. The van der Waals surface area contributed by atoms with Crippen LogP contribution in [0.1, 0.15) is 33.1 Å². The fraction of sp³-hybridized carbons (Fsp3) is 0.923. The zero-order valence-corrected chi connectivity index (χ0v) is 11.2. The van der Waals surface area contributed by atoms with Crippen LogP contribution in [-0.2, 0) is 9.53 Å². The SMILES string of the molecule is CCCN(CC(=O)OCC)CC1CCCNC1. The first-order valence-electron chi connectivity index (χ1n) is 6.85. The van der Waals surface area contributed by atoms with Crippen molar-refractivity contribution in [2.24, 2.45) is 5.92 Å². The summed E-state index contributed by atoms with van der Waals surface area (Å²) >= 11 is 0. The van der Waals surface area contributed by atoms with Crippen molar-refractivity contribution < 1.29 is 9.53 Å². The van der Waals surface area contributed by atoms with Crippen LogP contribution in [0.4, 0.5) is 0 Å². The third kappa shape index (κ3) is 6.03. The Morgan fingerprint density at radius 3 is 2.88 bits per heavy atom. The molecule has 1 saturated heterocycles. The van der Waals surface area contributed by atoms with E-state index < -0.39 is 0 Å². The van der Waals surface area contributed by atoms with Gasteiger partial charge in [0.25, 0.3) is 0 Å². The average Bonchev–Trinajstić information content (AvgIpc) is 2.31. The van der Waals surface area contributed by atoms with Gasteiger partial charge >= 0.3 is 5.97 Å². The second kappa shape index (κ2) is 8.48. The summed E-state index contributed by atoms with van der Waals surface area (Å²) in [4.78, 5) is 13.7. The maximum atomic E-state index is 11.5. The van der Waals surface area contributed by atoms with Gasteiger partial charge in [0.1, 0.15) is 0 Å². The quantitative estimate of drug-likeness (QED) is 0.683. The molecule has 100 valence electrons. The Morgan fingerprint density at radius 1 is 1.47 bits per heavy atom. The molecule has 0 aliphatic carbocycles. The van der Waals surface area contributed by atoms with Gasteiger partial charge < -0.3 is 10.1 Å². The lowest BCUT2D eigenvalue weighted by molar-refractivity contribution is -0.144. The molecule has 0 saturated carbocycles. The molecule has 17 heavy (non-hydrogen) atoms. The number of nitrogens with one attached hydrogen (secondary N) is 1. The van der Waals surface area contributed by atoms with E-state index >= 15 is 0 Å².